The summed E-state index contributed by atoms with van der Waals surface area (Å²) in [6.07, 6.45) is 2.40. The minimum absolute atomic E-state index is 0.209. The van der Waals surface area contributed by atoms with Crippen LogP contribution in [0.4, 0.5) is 10.1 Å². The van der Waals surface area contributed by atoms with Crippen molar-refractivity contribution in [2.24, 2.45) is 0 Å². The molecule has 1 fully saturated rings. The number of nitro groups is 1. The maximum absolute atomic E-state index is 13.1. The molecule has 0 spiro atoms. The first-order valence-electron chi connectivity index (χ1n) is 5.95. The summed E-state index contributed by atoms with van der Waals surface area (Å²) in [7, 11) is 0. The van der Waals surface area contributed by atoms with Gasteiger partial charge in [-0.3, -0.25) is 15.0 Å². The van der Waals surface area contributed by atoms with E-state index in [0.717, 1.165) is 31.8 Å². The molecule has 0 atom stereocenters. The van der Waals surface area contributed by atoms with Crippen molar-refractivity contribution < 1.29 is 14.1 Å². The molecule has 1 aliphatic heterocycles. The normalized spacial score (nSPS) is 15.8. The van der Waals surface area contributed by atoms with Gasteiger partial charge in [-0.15, -0.1) is 0 Å². The molecule has 0 saturated carbocycles. The van der Waals surface area contributed by atoms with Crippen LogP contribution in [0.25, 0.3) is 0 Å². The molecule has 2 rings (SSSR count). The number of hydrogen-bond donors (Lipinski definition) is 0. The van der Waals surface area contributed by atoms with Crippen LogP contribution in [0.1, 0.15) is 12.8 Å². The van der Waals surface area contributed by atoms with Gasteiger partial charge in [-0.25, -0.2) is 4.39 Å². The molecular formula is C12H15FN2O3. The Bertz CT molecular complexity index is 433. The molecule has 0 bridgehead atoms. The van der Waals surface area contributed by atoms with Gasteiger partial charge in [-0.05, 0) is 25.9 Å². The Labute approximate surface area is 104 Å². The smallest absolute Gasteiger partial charge is 0.276 e. The Kier molecular flexibility index (Phi) is 4.09. The van der Waals surface area contributed by atoms with Crippen molar-refractivity contribution in [1.82, 2.24) is 4.90 Å². The van der Waals surface area contributed by atoms with Gasteiger partial charge in [0.1, 0.15) is 18.2 Å². The molecule has 0 unspecified atom stereocenters. The average Bonchev–Trinajstić information content (AvgIpc) is 2.81. The van der Waals surface area contributed by atoms with E-state index in [1.807, 2.05) is 0 Å². The van der Waals surface area contributed by atoms with Crippen LogP contribution in [0.5, 0.6) is 5.75 Å². The van der Waals surface area contributed by atoms with Gasteiger partial charge in [0, 0.05) is 12.6 Å². The topological polar surface area (TPSA) is 55.6 Å². The third-order valence-electron chi connectivity index (χ3n) is 2.94. The highest BCUT2D eigenvalue weighted by atomic mass is 19.1. The fourth-order valence-corrected chi connectivity index (χ4v) is 2.04. The molecule has 1 heterocycles. The minimum Gasteiger partial charge on any atom is -0.492 e. The third-order valence-corrected chi connectivity index (χ3v) is 2.94. The van der Waals surface area contributed by atoms with E-state index in [4.69, 9.17) is 4.74 Å². The molecule has 98 valence electrons. The lowest BCUT2D eigenvalue weighted by Crippen LogP contribution is -2.25. The maximum Gasteiger partial charge on any atom is 0.276 e. The van der Waals surface area contributed by atoms with E-state index in [1.54, 1.807) is 0 Å². The number of benzene rings is 1. The third kappa shape index (κ3) is 3.40. The van der Waals surface area contributed by atoms with Crippen molar-refractivity contribution in [3.8, 4) is 5.75 Å². The van der Waals surface area contributed by atoms with Crippen LogP contribution in [0, 0.1) is 15.9 Å². The monoisotopic (exact) mass is 254 g/mol. The van der Waals surface area contributed by atoms with E-state index in [-0.39, 0.29) is 11.4 Å². The summed E-state index contributed by atoms with van der Waals surface area (Å²) < 4.78 is 18.5. The van der Waals surface area contributed by atoms with E-state index in [1.165, 1.54) is 18.9 Å². The first-order valence-corrected chi connectivity index (χ1v) is 5.95. The number of likely N-dealkylation sites (tertiary alicyclic amines) is 1. The number of nitro benzene ring substituents is 1. The van der Waals surface area contributed by atoms with E-state index < -0.39 is 10.7 Å². The molecule has 18 heavy (non-hydrogen) atoms. The van der Waals surface area contributed by atoms with Crippen LogP contribution in [-0.4, -0.2) is 36.1 Å². The molecule has 0 aliphatic carbocycles. The van der Waals surface area contributed by atoms with E-state index in [2.05, 4.69) is 4.90 Å². The molecule has 0 aromatic heterocycles. The van der Waals surface area contributed by atoms with Gasteiger partial charge in [0.15, 0.2) is 0 Å². The quantitative estimate of drug-likeness (QED) is 0.597. The van der Waals surface area contributed by atoms with Gasteiger partial charge >= 0.3 is 0 Å². The first kappa shape index (κ1) is 12.8. The zero-order valence-electron chi connectivity index (χ0n) is 9.97. The average molecular weight is 254 g/mol. The molecule has 1 aromatic carbocycles. The Morgan fingerprint density at radius 1 is 1.33 bits per heavy atom. The zero-order chi connectivity index (χ0) is 13.0. The number of halogens is 1. The molecule has 0 radical (unpaired) electrons. The summed E-state index contributed by atoms with van der Waals surface area (Å²) in [5.41, 5.74) is -0.286. The highest BCUT2D eigenvalue weighted by Gasteiger charge is 2.13. The molecular weight excluding hydrogens is 239 g/mol. The van der Waals surface area contributed by atoms with Crippen LogP contribution in [0.2, 0.25) is 0 Å². The lowest BCUT2D eigenvalue weighted by atomic mass is 10.3. The predicted octanol–water partition coefficient (Wildman–Crippen LogP) is 2.21. The van der Waals surface area contributed by atoms with Crippen LogP contribution in [0.15, 0.2) is 18.2 Å². The van der Waals surface area contributed by atoms with Crippen molar-refractivity contribution >= 4 is 5.69 Å². The molecule has 1 aliphatic rings. The number of ether oxygens (including phenoxy) is 1. The molecule has 1 saturated heterocycles. The summed E-state index contributed by atoms with van der Waals surface area (Å²) in [5.74, 6) is -0.443. The zero-order valence-corrected chi connectivity index (χ0v) is 9.97. The van der Waals surface area contributed by atoms with Gasteiger partial charge in [0.2, 0.25) is 0 Å². The van der Waals surface area contributed by atoms with Crippen molar-refractivity contribution in [3.05, 3.63) is 34.1 Å². The molecule has 0 N–H and O–H groups in total. The number of rotatable bonds is 5. The Balaban J connectivity index is 1.89. The maximum atomic E-state index is 13.1. The molecule has 1 aromatic rings. The fourth-order valence-electron chi connectivity index (χ4n) is 2.04. The Hall–Kier alpha value is -1.69. The van der Waals surface area contributed by atoms with Crippen LogP contribution < -0.4 is 4.74 Å². The van der Waals surface area contributed by atoms with Crippen LogP contribution in [0.3, 0.4) is 0 Å². The van der Waals surface area contributed by atoms with E-state index in [9.17, 15) is 14.5 Å². The standard InChI is InChI=1S/C12H15FN2O3/c13-10-7-11(15(16)17)9-12(8-10)18-6-5-14-3-1-2-4-14/h7-9H,1-6H2. The van der Waals surface area contributed by atoms with Crippen molar-refractivity contribution in [2.45, 2.75) is 12.8 Å². The molecule has 6 heteroatoms. The summed E-state index contributed by atoms with van der Waals surface area (Å²) in [5, 5.41) is 10.6. The van der Waals surface area contributed by atoms with Crippen molar-refractivity contribution in [1.29, 1.82) is 0 Å². The fraction of sp³-hybridized carbons (Fsp3) is 0.500. The number of nitrogens with zero attached hydrogens (tertiary/aromatic N) is 2. The van der Waals surface area contributed by atoms with Gasteiger partial charge in [0.05, 0.1) is 17.1 Å². The number of non-ortho nitro benzene ring substituents is 1. The van der Waals surface area contributed by atoms with Gasteiger partial charge in [-0.1, -0.05) is 0 Å². The second-order valence-corrected chi connectivity index (χ2v) is 4.30. The SMILES string of the molecule is O=[N+]([O-])c1cc(F)cc(OCCN2CCCC2)c1. The predicted molar refractivity (Wildman–Crippen MR) is 64.2 cm³/mol. The number of hydrogen-bond acceptors (Lipinski definition) is 4. The molecule has 0 amide bonds. The summed E-state index contributed by atoms with van der Waals surface area (Å²) >= 11 is 0. The highest BCUT2D eigenvalue weighted by Crippen LogP contribution is 2.21. The van der Waals surface area contributed by atoms with Crippen LogP contribution >= 0.6 is 0 Å². The second kappa shape index (κ2) is 5.77. The minimum atomic E-state index is -0.652. The lowest BCUT2D eigenvalue weighted by molar-refractivity contribution is -0.385. The second-order valence-electron chi connectivity index (χ2n) is 4.30. The van der Waals surface area contributed by atoms with E-state index in [0.29, 0.717) is 6.61 Å². The van der Waals surface area contributed by atoms with Gasteiger partial charge in [-0.2, -0.15) is 0 Å². The summed E-state index contributed by atoms with van der Waals surface area (Å²) in [6, 6.07) is 3.29. The van der Waals surface area contributed by atoms with Crippen molar-refractivity contribution in [3.63, 3.8) is 0 Å². The first-order chi connectivity index (χ1) is 8.65. The van der Waals surface area contributed by atoms with Crippen molar-refractivity contribution in [2.75, 3.05) is 26.2 Å². The Morgan fingerprint density at radius 3 is 2.72 bits per heavy atom. The van der Waals surface area contributed by atoms with Gasteiger partial charge in [0.25, 0.3) is 5.69 Å². The lowest BCUT2D eigenvalue weighted by Gasteiger charge is -2.14. The Morgan fingerprint density at radius 2 is 2.06 bits per heavy atom. The summed E-state index contributed by atoms with van der Waals surface area (Å²) in [6.45, 7) is 3.31. The molecule has 5 nitrogen and oxygen atoms in total. The summed E-state index contributed by atoms with van der Waals surface area (Å²) in [4.78, 5) is 12.2. The van der Waals surface area contributed by atoms with E-state index >= 15 is 0 Å². The largest absolute Gasteiger partial charge is 0.492 e. The highest BCUT2D eigenvalue weighted by molar-refractivity contribution is 5.38. The van der Waals surface area contributed by atoms with Gasteiger partial charge < -0.3 is 4.74 Å². The van der Waals surface area contributed by atoms with Crippen LogP contribution in [-0.2, 0) is 0 Å².